The molecule has 3 aliphatic rings. The first-order valence-corrected chi connectivity index (χ1v) is 10.2. The fourth-order valence-electron chi connectivity index (χ4n) is 4.64. The molecule has 6 heteroatoms. The van der Waals surface area contributed by atoms with Gasteiger partial charge in [-0.1, -0.05) is 34.5 Å². The number of aliphatic imine (C=N–C) groups is 1. The molecule has 1 saturated carbocycles. The summed E-state index contributed by atoms with van der Waals surface area (Å²) in [5.74, 6) is 1.06. The van der Waals surface area contributed by atoms with Gasteiger partial charge in [0.2, 0.25) is 0 Å². The van der Waals surface area contributed by atoms with Crippen molar-refractivity contribution in [3.05, 3.63) is 34.3 Å². The van der Waals surface area contributed by atoms with E-state index in [0.29, 0.717) is 5.41 Å². The Balaban J connectivity index is 0.00000196. The van der Waals surface area contributed by atoms with Crippen molar-refractivity contribution in [3.63, 3.8) is 0 Å². The summed E-state index contributed by atoms with van der Waals surface area (Å²) >= 11 is 3.55. The summed E-state index contributed by atoms with van der Waals surface area (Å²) in [6.07, 6.45) is 6.27. The van der Waals surface area contributed by atoms with Gasteiger partial charge in [-0.3, -0.25) is 4.99 Å². The molecule has 1 N–H and O–H groups in total. The smallest absolute Gasteiger partial charge is 0.193 e. The lowest BCUT2D eigenvalue weighted by Gasteiger charge is -2.43. The Kier molecular flexibility index (Phi) is 6.55. The number of benzene rings is 1. The van der Waals surface area contributed by atoms with Gasteiger partial charge in [0.05, 0.1) is 6.61 Å². The van der Waals surface area contributed by atoms with Gasteiger partial charge >= 0.3 is 0 Å². The van der Waals surface area contributed by atoms with Crippen LogP contribution in [-0.2, 0) is 10.2 Å². The fraction of sp³-hybridized carbons (Fsp3) is 0.650. The first-order chi connectivity index (χ1) is 12.1. The third-order valence-corrected chi connectivity index (χ3v) is 7.02. The molecule has 2 heterocycles. The summed E-state index contributed by atoms with van der Waals surface area (Å²) in [6, 6.07) is 8.87. The Morgan fingerprint density at radius 3 is 2.58 bits per heavy atom. The van der Waals surface area contributed by atoms with Crippen molar-refractivity contribution in [2.75, 3.05) is 39.9 Å². The first kappa shape index (κ1) is 20.4. The molecule has 3 fully saturated rings. The molecule has 4 nitrogen and oxygen atoms in total. The van der Waals surface area contributed by atoms with Gasteiger partial charge in [-0.2, -0.15) is 0 Å². The average Bonchev–Trinajstić information content (AvgIpc) is 3.22. The second kappa shape index (κ2) is 8.35. The fourth-order valence-corrected chi connectivity index (χ4v) is 4.91. The van der Waals surface area contributed by atoms with E-state index in [1.54, 1.807) is 0 Å². The van der Waals surface area contributed by atoms with E-state index < -0.39 is 0 Å². The van der Waals surface area contributed by atoms with Gasteiger partial charge in [0.15, 0.2) is 5.96 Å². The van der Waals surface area contributed by atoms with Crippen LogP contribution < -0.4 is 5.32 Å². The molecular weight excluding hydrogens is 505 g/mol. The van der Waals surface area contributed by atoms with E-state index in [9.17, 15) is 0 Å². The number of rotatable bonds is 3. The predicted octanol–water partition coefficient (Wildman–Crippen LogP) is 4.18. The Morgan fingerprint density at radius 2 is 2.00 bits per heavy atom. The summed E-state index contributed by atoms with van der Waals surface area (Å²) < 4.78 is 6.81. The zero-order chi connectivity index (χ0) is 17.3. The van der Waals surface area contributed by atoms with Crippen LogP contribution in [0.3, 0.4) is 0 Å². The van der Waals surface area contributed by atoms with E-state index in [1.165, 1.54) is 37.7 Å². The summed E-state index contributed by atoms with van der Waals surface area (Å²) in [6.45, 7) is 4.99. The standard InChI is InChI=1S/C20H28BrN3O.HI/c1-22-18(24-11-9-19(14-24)10-12-25-15-19)23-13-20(7-2-8-20)16-3-5-17(21)6-4-16;/h3-6H,2,7-15H2,1H3,(H,22,23);1H. The van der Waals surface area contributed by atoms with E-state index in [1.807, 2.05) is 7.05 Å². The van der Waals surface area contributed by atoms with E-state index in [4.69, 9.17) is 4.74 Å². The number of hydrogen-bond donors (Lipinski definition) is 1. The molecule has 1 aromatic carbocycles. The molecule has 4 rings (SSSR count). The molecule has 144 valence electrons. The molecule has 2 aliphatic heterocycles. The maximum atomic E-state index is 5.66. The first-order valence-electron chi connectivity index (χ1n) is 9.44. The number of hydrogen-bond acceptors (Lipinski definition) is 2. The molecule has 0 aromatic heterocycles. The van der Waals surface area contributed by atoms with Crippen molar-refractivity contribution >= 4 is 45.9 Å². The normalized spacial score (nSPS) is 27.3. The zero-order valence-corrected chi connectivity index (χ0v) is 19.4. The van der Waals surface area contributed by atoms with Gasteiger partial charge in [-0.15, -0.1) is 24.0 Å². The third-order valence-electron chi connectivity index (χ3n) is 6.49. The van der Waals surface area contributed by atoms with Crippen LogP contribution in [0, 0.1) is 5.41 Å². The summed E-state index contributed by atoms with van der Waals surface area (Å²) in [5, 5.41) is 3.70. The van der Waals surface area contributed by atoms with Crippen LogP contribution in [0.5, 0.6) is 0 Å². The topological polar surface area (TPSA) is 36.9 Å². The van der Waals surface area contributed by atoms with Crippen molar-refractivity contribution in [2.45, 2.75) is 37.5 Å². The van der Waals surface area contributed by atoms with Gasteiger partial charge in [0.25, 0.3) is 0 Å². The average molecular weight is 534 g/mol. The molecule has 26 heavy (non-hydrogen) atoms. The largest absolute Gasteiger partial charge is 0.381 e. The molecule has 1 unspecified atom stereocenters. The maximum absolute atomic E-state index is 5.66. The van der Waals surface area contributed by atoms with Crippen LogP contribution in [-0.4, -0.2) is 50.8 Å². The number of halogens is 2. The van der Waals surface area contributed by atoms with Crippen molar-refractivity contribution in [2.24, 2.45) is 10.4 Å². The highest BCUT2D eigenvalue weighted by Gasteiger charge is 2.43. The lowest BCUT2D eigenvalue weighted by molar-refractivity contribution is 0.156. The minimum atomic E-state index is 0. The number of likely N-dealkylation sites (tertiary alicyclic amines) is 1. The van der Waals surface area contributed by atoms with Crippen molar-refractivity contribution in [1.29, 1.82) is 0 Å². The molecule has 0 bridgehead atoms. The summed E-state index contributed by atoms with van der Waals surface area (Å²) in [4.78, 5) is 7.01. The Morgan fingerprint density at radius 1 is 1.23 bits per heavy atom. The molecular formula is C20H29BrIN3O. The van der Waals surface area contributed by atoms with Crippen LogP contribution in [0.2, 0.25) is 0 Å². The maximum Gasteiger partial charge on any atom is 0.193 e. The Hall–Kier alpha value is -0.340. The van der Waals surface area contributed by atoms with Crippen LogP contribution in [0.4, 0.5) is 0 Å². The molecule has 1 aliphatic carbocycles. The summed E-state index contributed by atoms with van der Waals surface area (Å²) in [5.41, 5.74) is 2.09. The van der Waals surface area contributed by atoms with E-state index >= 15 is 0 Å². The van der Waals surface area contributed by atoms with E-state index in [-0.39, 0.29) is 29.4 Å². The highest BCUT2D eigenvalue weighted by Crippen LogP contribution is 2.43. The monoisotopic (exact) mass is 533 g/mol. The number of ether oxygens (including phenoxy) is 1. The number of nitrogens with zero attached hydrogens (tertiary/aromatic N) is 2. The molecule has 0 radical (unpaired) electrons. The second-order valence-electron chi connectivity index (χ2n) is 8.02. The molecule has 0 amide bonds. The lowest BCUT2D eigenvalue weighted by atomic mass is 9.64. The lowest BCUT2D eigenvalue weighted by Crippen LogP contribution is -2.50. The van der Waals surface area contributed by atoms with Gasteiger partial charge in [0, 0.05) is 48.6 Å². The minimum absolute atomic E-state index is 0. The van der Waals surface area contributed by atoms with Gasteiger partial charge < -0.3 is 15.0 Å². The van der Waals surface area contributed by atoms with Crippen LogP contribution in [0.25, 0.3) is 0 Å². The predicted molar refractivity (Wildman–Crippen MR) is 121 cm³/mol. The van der Waals surface area contributed by atoms with Gasteiger partial charge in [0.1, 0.15) is 0 Å². The molecule has 1 atom stereocenters. The number of guanidine groups is 1. The van der Waals surface area contributed by atoms with Crippen molar-refractivity contribution in [1.82, 2.24) is 10.2 Å². The SMILES string of the molecule is CN=C(NCC1(c2ccc(Br)cc2)CCC1)N1CCC2(CCOC2)C1.I. The van der Waals surface area contributed by atoms with E-state index in [2.05, 4.69) is 55.4 Å². The van der Waals surface area contributed by atoms with Crippen LogP contribution in [0.1, 0.15) is 37.7 Å². The highest BCUT2D eigenvalue weighted by molar-refractivity contribution is 14.0. The Labute approximate surface area is 182 Å². The molecule has 1 spiro atoms. The molecule has 1 aromatic rings. The van der Waals surface area contributed by atoms with E-state index in [0.717, 1.165) is 43.3 Å². The van der Waals surface area contributed by atoms with Crippen LogP contribution in [0.15, 0.2) is 33.7 Å². The quantitative estimate of drug-likeness (QED) is 0.360. The minimum Gasteiger partial charge on any atom is -0.381 e. The number of nitrogens with one attached hydrogen (secondary N) is 1. The summed E-state index contributed by atoms with van der Waals surface area (Å²) in [7, 11) is 1.91. The van der Waals surface area contributed by atoms with Gasteiger partial charge in [-0.25, -0.2) is 0 Å². The highest BCUT2D eigenvalue weighted by atomic mass is 127. The van der Waals surface area contributed by atoms with Crippen molar-refractivity contribution in [3.8, 4) is 0 Å². The Bertz CT molecular complexity index is 639. The second-order valence-corrected chi connectivity index (χ2v) is 8.93. The van der Waals surface area contributed by atoms with Gasteiger partial charge in [-0.05, 0) is 43.4 Å². The van der Waals surface area contributed by atoms with Crippen molar-refractivity contribution < 1.29 is 4.74 Å². The third kappa shape index (κ3) is 3.92. The zero-order valence-electron chi connectivity index (χ0n) is 15.5. The molecule has 2 saturated heterocycles. The van der Waals surface area contributed by atoms with Crippen LogP contribution >= 0.6 is 39.9 Å².